The Morgan fingerprint density at radius 2 is 2.06 bits per heavy atom. The van der Waals surface area contributed by atoms with Crippen molar-refractivity contribution in [2.24, 2.45) is 0 Å². The smallest absolute Gasteiger partial charge is 0.126 e. The molecule has 0 amide bonds. The zero-order chi connectivity index (χ0) is 13.1. The molecule has 1 atom stereocenters. The van der Waals surface area contributed by atoms with Gasteiger partial charge in [-0.15, -0.1) is 0 Å². The Kier molecular flexibility index (Phi) is 3.67. The number of rotatable bonds is 3. The SMILES string of the molecule is Cc1ccncc1C(O)Cc1cc(F)ccc1F. The lowest BCUT2D eigenvalue weighted by Gasteiger charge is -2.13. The van der Waals surface area contributed by atoms with E-state index in [9.17, 15) is 13.9 Å². The number of aliphatic hydroxyl groups is 1. The molecule has 0 aliphatic carbocycles. The van der Waals surface area contributed by atoms with E-state index in [-0.39, 0.29) is 12.0 Å². The first-order valence-electron chi connectivity index (χ1n) is 5.60. The van der Waals surface area contributed by atoms with E-state index < -0.39 is 17.7 Å². The van der Waals surface area contributed by atoms with Crippen molar-refractivity contribution in [1.82, 2.24) is 4.98 Å². The Hall–Kier alpha value is -1.81. The minimum Gasteiger partial charge on any atom is -0.388 e. The van der Waals surface area contributed by atoms with E-state index in [0.29, 0.717) is 5.56 Å². The van der Waals surface area contributed by atoms with Crippen LogP contribution in [0.15, 0.2) is 36.7 Å². The van der Waals surface area contributed by atoms with Gasteiger partial charge in [0.2, 0.25) is 0 Å². The van der Waals surface area contributed by atoms with Crippen LogP contribution in [-0.2, 0) is 6.42 Å². The quantitative estimate of drug-likeness (QED) is 0.907. The number of nitrogens with zero attached hydrogens (tertiary/aromatic N) is 1. The van der Waals surface area contributed by atoms with Gasteiger partial charge in [-0.05, 0) is 42.3 Å². The molecule has 0 bridgehead atoms. The number of halogens is 2. The van der Waals surface area contributed by atoms with Crippen LogP contribution >= 0.6 is 0 Å². The Morgan fingerprint density at radius 1 is 1.28 bits per heavy atom. The van der Waals surface area contributed by atoms with Crippen LogP contribution in [0.5, 0.6) is 0 Å². The summed E-state index contributed by atoms with van der Waals surface area (Å²) in [5.41, 5.74) is 1.65. The lowest BCUT2D eigenvalue weighted by Crippen LogP contribution is -2.06. The maximum absolute atomic E-state index is 13.5. The van der Waals surface area contributed by atoms with Gasteiger partial charge in [-0.25, -0.2) is 8.78 Å². The molecule has 1 unspecified atom stereocenters. The van der Waals surface area contributed by atoms with Crippen LogP contribution in [-0.4, -0.2) is 10.1 Å². The summed E-state index contributed by atoms with van der Waals surface area (Å²) in [5.74, 6) is -1.03. The molecule has 0 fully saturated rings. The Labute approximate surface area is 104 Å². The van der Waals surface area contributed by atoms with E-state index in [0.717, 1.165) is 23.8 Å². The summed E-state index contributed by atoms with van der Waals surface area (Å²) in [6.07, 6.45) is 2.29. The molecule has 94 valence electrons. The monoisotopic (exact) mass is 249 g/mol. The van der Waals surface area contributed by atoms with Gasteiger partial charge in [-0.1, -0.05) is 0 Å². The van der Waals surface area contributed by atoms with E-state index in [2.05, 4.69) is 4.98 Å². The summed E-state index contributed by atoms with van der Waals surface area (Å²) in [6, 6.07) is 4.98. The molecule has 2 rings (SSSR count). The predicted octanol–water partition coefficient (Wildman–Crippen LogP) is 2.94. The van der Waals surface area contributed by atoms with E-state index in [1.165, 1.54) is 6.20 Å². The van der Waals surface area contributed by atoms with Crippen molar-refractivity contribution in [2.75, 3.05) is 0 Å². The van der Waals surface area contributed by atoms with E-state index in [1.54, 1.807) is 12.3 Å². The van der Waals surface area contributed by atoms with Crippen molar-refractivity contribution in [3.05, 3.63) is 65.0 Å². The molecular weight excluding hydrogens is 236 g/mol. The highest BCUT2D eigenvalue weighted by atomic mass is 19.1. The third-order valence-electron chi connectivity index (χ3n) is 2.86. The van der Waals surface area contributed by atoms with Crippen molar-refractivity contribution < 1.29 is 13.9 Å². The van der Waals surface area contributed by atoms with Gasteiger partial charge in [0.1, 0.15) is 11.6 Å². The zero-order valence-corrected chi connectivity index (χ0v) is 9.90. The van der Waals surface area contributed by atoms with Crippen molar-refractivity contribution in [3.63, 3.8) is 0 Å². The molecule has 1 aromatic carbocycles. The molecule has 2 nitrogen and oxygen atoms in total. The molecule has 0 aliphatic heterocycles. The number of hydrogen-bond acceptors (Lipinski definition) is 2. The molecule has 4 heteroatoms. The van der Waals surface area contributed by atoms with Crippen LogP contribution in [0.4, 0.5) is 8.78 Å². The first kappa shape index (κ1) is 12.6. The molecule has 0 spiro atoms. The second-order valence-electron chi connectivity index (χ2n) is 4.19. The highest BCUT2D eigenvalue weighted by Crippen LogP contribution is 2.22. The van der Waals surface area contributed by atoms with Crippen molar-refractivity contribution >= 4 is 0 Å². The molecule has 1 N–H and O–H groups in total. The van der Waals surface area contributed by atoms with Crippen molar-refractivity contribution in [1.29, 1.82) is 0 Å². The fraction of sp³-hybridized carbons (Fsp3) is 0.214. The first-order valence-corrected chi connectivity index (χ1v) is 5.60. The maximum atomic E-state index is 13.5. The second-order valence-corrected chi connectivity index (χ2v) is 4.19. The molecular formula is C14H13F2NO. The number of pyridine rings is 1. The average molecular weight is 249 g/mol. The van der Waals surface area contributed by atoms with Gasteiger partial charge in [-0.2, -0.15) is 0 Å². The lowest BCUT2D eigenvalue weighted by atomic mass is 9.99. The van der Waals surface area contributed by atoms with Gasteiger partial charge in [-0.3, -0.25) is 4.98 Å². The highest BCUT2D eigenvalue weighted by molar-refractivity contribution is 5.27. The first-order chi connectivity index (χ1) is 8.58. The Bertz CT molecular complexity index is 557. The fourth-order valence-corrected chi connectivity index (χ4v) is 1.84. The minimum absolute atomic E-state index is 0.0239. The molecule has 0 saturated carbocycles. The second kappa shape index (κ2) is 5.23. The number of benzene rings is 1. The molecule has 2 aromatic rings. The molecule has 18 heavy (non-hydrogen) atoms. The van der Waals surface area contributed by atoms with Crippen molar-refractivity contribution in [3.8, 4) is 0 Å². The standard InChI is InChI=1S/C14H13F2NO/c1-9-4-5-17-8-12(9)14(18)7-10-6-11(15)2-3-13(10)16/h2-6,8,14,18H,7H2,1H3. The summed E-state index contributed by atoms with van der Waals surface area (Å²) in [4.78, 5) is 3.92. The number of hydrogen-bond donors (Lipinski definition) is 1. The zero-order valence-electron chi connectivity index (χ0n) is 9.90. The molecule has 0 radical (unpaired) electrons. The highest BCUT2D eigenvalue weighted by Gasteiger charge is 2.14. The van der Waals surface area contributed by atoms with Crippen molar-refractivity contribution in [2.45, 2.75) is 19.4 Å². The largest absolute Gasteiger partial charge is 0.388 e. The predicted molar refractivity (Wildman–Crippen MR) is 64.0 cm³/mol. The van der Waals surface area contributed by atoms with E-state index in [1.807, 2.05) is 6.92 Å². The van der Waals surface area contributed by atoms with E-state index in [4.69, 9.17) is 0 Å². The van der Waals surface area contributed by atoms with Gasteiger partial charge in [0.25, 0.3) is 0 Å². The molecule has 1 aromatic heterocycles. The Balaban J connectivity index is 2.24. The van der Waals surface area contributed by atoms with E-state index >= 15 is 0 Å². The Morgan fingerprint density at radius 3 is 2.78 bits per heavy atom. The van der Waals surface area contributed by atoms with Gasteiger partial charge >= 0.3 is 0 Å². The van der Waals surface area contributed by atoms with Gasteiger partial charge in [0.05, 0.1) is 6.10 Å². The summed E-state index contributed by atoms with van der Waals surface area (Å²) < 4.78 is 26.5. The fourth-order valence-electron chi connectivity index (χ4n) is 1.84. The summed E-state index contributed by atoms with van der Waals surface area (Å²) in [6.45, 7) is 1.84. The number of aliphatic hydroxyl groups excluding tert-OH is 1. The summed E-state index contributed by atoms with van der Waals surface area (Å²) >= 11 is 0. The molecule has 0 aliphatic rings. The maximum Gasteiger partial charge on any atom is 0.126 e. The van der Waals surface area contributed by atoms with Crippen LogP contribution in [0.1, 0.15) is 22.8 Å². The van der Waals surface area contributed by atoms with Gasteiger partial charge in [0, 0.05) is 24.4 Å². The van der Waals surface area contributed by atoms with Crippen LogP contribution < -0.4 is 0 Å². The van der Waals surface area contributed by atoms with Crippen LogP contribution in [0.3, 0.4) is 0 Å². The minimum atomic E-state index is -0.894. The average Bonchev–Trinajstić information content (AvgIpc) is 2.34. The molecule has 1 heterocycles. The summed E-state index contributed by atoms with van der Waals surface area (Å²) in [7, 11) is 0. The lowest BCUT2D eigenvalue weighted by molar-refractivity contribution is 0.176. The third-order valence-corrected chi connectivity index (χ3v) is 2.86. The number of aromatic nitrogens is 1. The summed E-state index contributed by atoms with van der Waals surface area (Å²) in [5, 5.41) is 10.0. The van der Waals surface area contributed by atoms with Gasteiger partial charge in [0.15, 0.2) is 0 Å². The van der Waals surface area contributed by atoms with Crippen LogP contribution in [0.2, 0.25) is 0 Å². The topological polar surface area (TPSA) is 33.1 Å². The number of aryl methyl sites for hydroxylation is 1. The van der Waals surface area contributed by atoms with Crippen LogP contribution in [0, 0.1) is 18.6 Å². The van der Waals surface area contributed by atoms with Gasteiger partial charge < -0.3 is 5.11 Å². The normalized spacial score (nSPS) is 12.4. The molecule has 0 saturated heterocycles. The van der Waals surface area contributed by atoms with Crippen LogP contribution in [0.25, 0.3) is 0 Å². The third kappa shape index (κ3) is 2.71.